The first-order chi connectivity index (χ1) is 9.07. The summed E-state index contributed by atoms with van der Waals surface area (Å²) in [5.74, 6) is -4.95. The number of nitrogens with two attached hydrogens (primary N) is 2. The SMILES string of the molecule is NC(CCC(=O)O)C(=O)[O-].NC(CCC(=O)O)C(=O)[O-].O.O.[Ca+2]. The van der Waals surface area contributed by atoms with Crippen LogP contribution in [0.15, 0.2) is 0 Å². The van der Waals surface area contributed by atoms with Gasteiger partial charge in [-0.15, -0.1) is 0 Å². The number of carbonyl (C=O) groups excluding carboxylic acids is 2. The molecule has 0 aromatic carbocycles. The minimum absolute atomic E-state index is 0. The van der Waals surface area contributed by atoms with Crippen LogP contribution in [-0.4, -0.2) is 94.9 Å². The predicted molar refractivity (Wildman–Crippen MR) is 72.7 cm³/mol. The van der Waals surface area contributed by atoms with Gasteiger partial charge in [-0.25, -0.2) is 0 Å². The van der Waals surface area contributed by atoms with E-state index in [1.807, 2.05) is 0 Å². The van der Waals surface area contributed by atoms with E-state index in [1.165, 1.54) is 0 Å². The first-order valence-electron chi connectivity index (χ1n) is 5.44. The van der Waals surface area contributed by atoms with Gasteiger partial charge in [0.1, 0.15) is 0 Å². The van der Waals surface area contributed by atoms with E-state index in [-0.39, 0.29) is 74.4 Å². The third-order valence-corrected chi connectivity index (χ3v) is 1.94. The smallest absolute Gasteiger partial charge is 0.548 e. The second-order valence-electron chi connectivity index (χ2n) is 3.72. The van der Waals surface area contributed by atoms with E-state index >= 15 is 0 Å². The number of carboxylic acids is 4. The van der Waals surface area contributed by atoms with Crippen molar-refractivity contribution >= 4 is 61.6 Å². The molecule has 0 spiro atoms. The van der Waals surface area contributed by atoms with Gasteiger partial charge in [-0.2, -0.15) is 0 Å². The molecule has 0 aliphatic heterocycles. The Morgan fingerprint density at radius 1 is 0.783 bits per heavy atom. The molecule has 2 atom stereocenters. The average molecular weight is 368 g/mol. The van der Waals surface area contributed by atoms with Gasteiger partial charge in [0.25, 0.3) is 0 Å². The summed E-state index contributed by atoms with van der Waals surface area (Å²) in [4.78, 5) is 39.5. The molecular formula is C10H20CaN2O10. The van der Waals surface area contributed by atoms with Gasteiger partial charge in [0.15, 0.2) is 0 Å². The summed E-state index contributed by atoms with van der Waals surface area (Å²) in [7, 11) is 0. The van der Waals surface area contributed by atoms with Crippen LogP contribution < -0.4 is 21.7 Å². The van der Waals surface area contributed by atoms with E-state index < -0.39 is 36.0 Å². The summed E-state index contributed by atoms with van der Waals surface area (Å²) < 4.78 is 0. The Balaban J connectivity index is -0.0000000831. The largest absolute Gasteiger partial charge is 2.00 e. The molecule has 2 unspecified atom stereocenters. The molecule has 0 amide bonds. The van der Waals surface area contributed by atoms with Gasteiger partial charge in [0, 0.05) is 24.9 Å². The van der Waals surface area contributed by atoms with Gasteiger partial charge in [0.05, 0.1) is 11.9 Å². The van der Waals surface area contributed by atoms with Crippen molar-refractivity contribution in [1.82, 2.24) is 0 Å². The van der Waals surface area contributed by atoms with Crippen LogP contribution in [0.25, 0.3) is 0 Å². The first-order valence-corrected chi connectivity index (χ1v) is 5.44. The summed E-state index contributed by atoms with van der Waals surface area (Å²) in [6, 6.07) is -2.34. The van der Waals surface area contributed by atoms with E-state index in [0.717, 1.165) is 0 Å². The van der Waals surface area contributed by atoms with Crippen molar-refractivity contribution in [3.63, 3.8) is 0 Å². The molecule has 23 heavy (non-hydrogen) atoms. The Labute approximate surface area is 161 Å². The van der Waals surface area contributed by atoms with Gasteiger partial charge in [-0.05, 0) is 12.8 Å². The Bertz CT molecular complexity index is 332. The van der Waals surface area contributed by atoms with Gasteiger partial charge in [-0.1, -0.05) is 0 Å². The van der Waals surface area contributed by atoms with Crippen LogP contribution in [0.1, 0.15) is 25.7 Å². The van der Waals surface area contributed by atoms with Gasteiger partial charge < -0.3 is 52.4 Å². The molecule has 12 nitrogen and oxygen atoms in total. The molecule has 0 saturated carbocycles. The zero-order chi connectivity index (χ0) is 16.3. The van der Waals surface area contributed by atoms with Gasteiger partial charge in [-0.3, -0.25) is 9.59 Å². The molecule has 0 fully saturated rings. The van der Waals surface area contributed by atoms with Crippen LogP contribution in [0.2, 0.25) is 0 Å². The molecule has 132 valence electrons. The number of aliphatic carboxylic acids is 4. The quantitative estimate of drug-likeness (QED) is 0.294. The fourth-order valence-electron chi connectivity index (χ4n) is 0.794. The zero-order valence-corrected chi connectivity index (χ0v) is 14.4. The maximum absolute atomic E-state index is 9.88. The minimum Gasteiger partial charge on any atom is -0.548 e. The molecule has 0 radical (unpaired) electrons. The van der Waals surface area contributed by atoms with Crippen LogP contribution >= 0.6 is 0 Å². The second kappa shape index (κ2) is 19.0. The van der Waals surface area contributed by atoms with Crippen molar-refractivity contribution in [2.24, 2.45) is 11.5 Å². The Kier molecular flexibility index (Phi) is 27.8. The van der Waals surface area contributed by atoms with Gasteiger partial charge >= 0.3 is 49.7 Å². The van der Waals surface area contributed by atoms with Crippen molar-refractivity contribution in [2.75, 3.05) is 0 Å². The number of carbonyl (C=O) groups is 4. The normalized spacial score (nSPS) is 10.9. The van der Waals surface area contributed by atoms with Crippen molar-refractivity contribution < 1.29 is 50.6 Å². The van der Waals surface area contributed by atoms with E-state index in [1.54, 1.807) is 0 Å². The summed E-state index contributed by atoms with van der Waals surface area (Å²) in [6.07, 6.45) is -0.653. The Morgan fingerprint density at radius 2 is 1.00 bits per heavy atom. The number of carboxylic acid groups (broad SMARTS) is 4. The van der Waals surface area contributed by atoms with Gasteiger partial charge in [0.2, 0.25) is 0 Å². The molecule has 0 heterocycles. The molecule has 0 aliphatic rings. The number of hydrogen-bond acceptors (Lipinski definition) is 8. The number of hydrogen-bond donors (Lipinski definition) is 4. The van der Waals surface area contributed by atoms with Crippen LogP contribution in [0, 0.1) is 0 Å². The maximum Gasteiger partial charge on any atom is 2.00 e. The fourth-order valence-corrected chi connectivity index (χ4v) is 0.794. The molecular weight excluding hydrogens is 348 g/mol. The standard InChI is InChI=1S/2C5H9NO4.Ca.2H2O/c2*6-3(5(9)10)1-2-4(7)8;;;/h2*3H,1-2,6H2,(H,7,8)(H,9,10);;2*1H2/q;;+2;;/p-2. The summed E-state index contributed by atoms with van der Waals surface area (Å²) in [5.41, 5.74) is 9.88. The van der Waals surface area contributed by atoms with E-state index in [2.05, 4.69) is 0 Å². The van der Waals surface area contributed by atoms with E-state index in [0.29, 0.717) is 0 Å². The Morgan fingerprint density at radius 3 is 1.13 bits per heavy atom. The van der Waals surface area contributed by atoms with Crippen molar-refractivity contribution in [1.29, 1.82) is 0 Å². The van der Waals surface area contributed by atoms with Crippen LogP contribution in [0.4, 0.5) is 0 Å². The molecule has 0 saturated heterocycles. The van der Waals surface area contributed by atoms with E-state index in [9.17, 15) is 29.4 Å². The average Bonchev–Trinajstić information content (AvgIpc) is 2.33. The Hall–Kier alpha value is -1.02. The molecule has 0 rings (SSSR count). The van der Waals surface area contributed by atoms with E-state index in [4.69, 9.17) is 21.7 Å². The maximum atomic E-state index is 9.88. The first kappa shape index (κ1) is 33.6. The second-order valence-corrected chi connectivity index (χ2v) is 3.72. The molecule has 13 heteroatoms. The molecule has 10 N–H and O–H groups in total. The van der Waals surface area contributed by atoms with Crippen LogP contribution in [0.3, 0.4) is 0 Å². The number of rotatable bonds is 8. The summed E-state index contributed by atoms with van der Waals surface area (Å²) in [5, 5.41) is 35.9. The summed E-state index contributed by atoms with van der Waals surface area (Å²) >= 11 is 0. The third-order valence-electron chi connectivity index (χ3n) is 1.94. The summed E-state index contributed by atoms with van der Waals surface area (Å²) in [6.45, 7) is 0. The third kappa shape index (κ3) is 26.2. The fraction of sp³-hybridized carbons (Fsp3) is 0.600. The molecule has 0 aliphatic carbocycles. The molecule has 0 bridgehead atoms. The van der Waals surface area contributed by atoms with Crippen molar-refractivity contribution in [2.45, 2.75) is 37.8 Å². The van der Waals surface area contributed by atoms with Crippen LogP contribution in [0.5, 0.6) is 0 Å². The zero-order valence-electron chi connectivity index (χ0n) is 12.2. The molecule has 0 aromatic heterocycles. The monoisotopic (exact) mass is 368 g/mol. The predicted octanol–water partition coefficient (Wildman–Crippen LogP) is -6.17. The van der Waals surface area contributed by atoms with Crippen LogP contribution in [-0.2, 0) is 19.2 Å². The molecule has 0 aromatic rings. The minimum atomic E-state index is -1.42. The van der Waals surface area contributed by atoms with Crippen molar-refractivity contribution in [3.05, 3.63) is 0 Å². The topological polar surface area (TPSA) is 270 Å². The van der Waals surface area contributed by atoms with Crippen molar-refractivity contribution in [3.8, 4) is 0 Å².